The maximum atomic E-state index is 12.9. The van der Waals surface area contributed by atoms with E-state index in [1.54, 1.807) is 12.1 Å². The average Bonchev–Trinajstić information content (AvgIpc) is 2.73. The molecule has 0 saturated carbocycles. The number of nitrogens with zero attached hydrogens (tertiary/aromatic N) is 2. The molecule has 0 bridgehead atoms. The highest BCUT2D eigenvalue weighted by atomic mass is 19.1. The molecule has 21 heavy (non-hydrogen) atoms. The Morgan fingerprint density at radius 1 is 1.10 bits per heavy atom. The predicted molar refractivity (Wildman–Crippen MR) is 81.6 cm³/mol. The van der Waals surface area contributed by atoms with E-state index in [1.807, 2.05) is 4.90 Å². The largest absolute Gasteiger partial charge is 0.337 e. The SMILES string of the molecule is NCCCCN1CCCN(C(=O)c2ccc(F)cc2)CC1. The fourth-order valence-electron chi connectivity index (χ4n) is 2.65. The molecule has 0 spiro atoms. The third-order valence-electron chi connectivity index (χ3n) is 3.90. The van der Waals surface area contributed by atoms with Gasteiger partial charge in [-0.25, -0.2) is 4.39 Å². The summed E-state index contributed by atoms with van der Waals surface area (Å²) in [5.41, 5.74) is 6.08. The van der Waals surface area contributed by atoms with Gasteiger partial charge >= 0.3 is 0 Å². The summed E-state index contributed by atoms with van der Waals surface area (Å²) in [6.07, 6.45) is 3.15. The highest BCUT2D eigenvalue weighted by Gasteiger charge is 2.19. The van der Waals surface area contributed by atoms with Crippen LogP contribution in [0.3, 0.4) is 0 Å². The second-order valence-electron chi connectivity index (χ2n) is 5.49. The van der Waals surface area contributed by atoms with Crippen molar-refractivity contribution < 1.29 is 9.18 Å². The zero-order chi connectivity index (χ0) is 15.1. The minimum absolute atomic E-state index is 0.00110. The van der Waals surface area contributed by atoms with Crippen LogP contribution in [-0.4, -0.2) is 55.0 Å². The highest BCUT2D eigenvalue weighted by Crippen LogP contribution is 2.10. The molecule has 4 nitrogen and oxygen atoms in total. The zero-order valence-electron chi connectivity index (χ0n) is 12.4. The Labute approximate surface area is 125 Å². The Bertz CT molecular complexity index is 449. The van der Waals surface area contributed by atoms with Crippen molar-refractivity contribution in [2.45, 2.75) is 19.3 Å². The van der Waals surface area contributed by atoms with E-state index in [4.69, 9.17) is 5.73 Å². The summed E-state index contributed by atoms with van der Waals surface area (Å²) in [7, 11) is 0. The first kappa shape index (κ1) is 15.9. The predicted octanol–water partition coefficient (Wildman–Crippen LogP) is 1.71. The van der Waals surface area contributed by atoms with Crippen LogP contribution < -0.4 is 5.73 Å². The van der Waals surface area contributed by atoms with Crippen LogP contribution in [0.1, 0.15) is 29.6 Å². The van der Waals surface area contributed by atoms with Gasteiger partial charge in [-0.05, 0) is 63.2 Å². The van der Waals surface area contributed by atoms with Crippen molar-refractivity contribution in [1.82, 2.24) is 9.80 Å². The summed E-state index contributed by atoms with van der Waals surface area (Å²) in [5.74, 6) is -0.313. The van der Waals surface area contributed by atoms with Crippen molar-refractivity contribution in [3.05, 3.63) is 35.6 Å². The summed E-state index contributed by atoms with van der Waals surface area (Å²) in [4.78, 5) is 16.7. The van der Waals surface area contributed by atoms with Crippen molar-refractivity contribution in [3.8, 4) is 0 Å². The number of nitrogens with two attached hydrogens (primary N) is 1. The smallest absolute Gasteiger partial charge is 0.253 e. The summed E-state index contributed by atoms with van der Waals surface area (Å²) in [6.45, 7) is 5.22. The van der Waals surface area contributed by atoms with Crippen molar-refractivity contribution in [2.75, 3.05) is 39.3 Å². The van der Waals surface area contributed by atoms with Crippen molar-refractivity contribution in [3.63, 3.8) is 0 Å². The van der Waals surface area contributed by atoms with Crippen LogP contribution >= 0.6 is 0 Å². The van der Waals surface area contributed by atoms with Crippen LogP contribution in [0.4, 0.5) is 4.39 Å². The number of hydrogen-bond donors (Lipinski definition) is 1. The minimum Gasteiger partial charge on any atom is -0.337 e. The Balaban J connectivity index is 1.87. The van der Waals surface area contributed by atoms with E-state index in [1.165, 1.54) is 12.1 Å². The van der Waals surface area contributed by atoms with Crippen LogP contribution in [0.25, 0.3) is 0 Å². The highest BCUT2D eigenvalue weighted by molar-refractivity contribution is 5.94. The first-order valence-electron chi connectivity index (χ1n) is 7.68. The van der Waals surface area contributed by atoms with Gasteiger partial charge in [-0.1, -0.05) is 0 Å². The molecule has 1 aromatic rings. The maximum absolute atomic E-state index is 12.9. The van der Waals surface area contributed by atoms with Gasteiger partial charge in [0, 0.05) is 25.2 Å². The molecule has 5 heteroatoms. The molecule has 1 aliphatic heterocycles. The summed E-state index contributed by atoms with van der Waals surface area (Å²) >= 11 is 0. The fourth-order valence-corrected chi connectivity index (χ4v) is 2.65. The average molecular weight is 293 g/mol. The lowest BCUT2D eigenvalue weighted by atomic mass is 10.2. The standard InChI is InChI=1S/C16H24FN3O/c17-15-6-4-14(5-7-15)16(21)20-11-3-10-19(12-13-20)9-2-1-8-18/h4-7H,1-3,8-13,18H2. The molecule has 0 unspecified atom stereocenters. The summed E-state index contributed by atoms with van der Waals surface area (Å²) in [5, 5.41) is 0. The molecule has 0 radical (unpaired) electrons. The quantitative estimate of drug-likeness (QED) is 0.841. The number of benzene rings is 1. The van der Waals surface area contributed by atoms with Crippen molar-refractivity contribution in [1.29, 1.82) is 0 Å². The van der Waals surface area contributed by atoms with Crippen LogP contribution in [0.5, 0.6) is 0 Å². The molecule has 1 amide bonds. The topological polar surface area (TPSA) is 49.6 Å². The van der Waals surface area contributed by atoms with E-state index in [2.05, 4.69) is 4.90 Å². The second kappa shape index (κ2) is 8.10. The van der Waals surface area contributed by atoms with E-state index in [0.717, 1.165) is 58.5 Å². The van der Waals surface area contributed by atoms with Gasteiger partial charge in [0.2, 0.25) is 0 Å². The molecule has 116 valence electrons. The number of rotatable bonds is 5. The van der Waals surface area contributed by atoms with Crippen LogP contribution in [0, 0.1) is 5.82 Å². The van der Waals surface area contributed by atoms with Gasteiger partial charge in [-0.3, -0.25) is 4.79 Å². The van der Waals surface area contributed by atoms with Crippen LogP contribution in [0.2, 0.25) is 0 Å². The molecule has 2 rings (SSSR count). The third kappa shape index (κ3) is 4.79. The van der Waals surface area contributed by atoms with Crippen LogP contribution in [0.15, 0.2) is 24.3 Å². The molecule has 0 aliphatic carbocycles. The lowest BCUT2D eigenvalue weighted by Crippen LogP contribution is -2.35. The molecular formula is C16H24FN3O. The van der Waals surface area contributed by atoms with Crippen molar-refractivity contribution in [2.24, 2.45) is 5.73 Å². The van der Waals surface area contributed by atoms with Crippen molar-refractivity contribution >= 4 is 5.91 Å². The normalized spacial score (nSPS) is 16.8. The number of unbranched alkanes of at least 4 members (excludes halogenated alkanes) is 1. The van der Waals surface area contributed by atoms with Gasteiger partial charge in [0.15, 0.2) is 0 Å². The van der Waals surface area contributed by atoms with Crippen LogP contribution in [-0.2, 0) is 0 Å². The first-order chi connectivity index (χ1) is 10.2. The zero-order valence-corrected chi connectivity index (χ0v) is 12.4. The van der Waals surface area contributed by atoms with E-state index in [-0.39, 0.29) is 11.7 Å². The Hall–Kier alpha value is -1.46. The van der Waals surface area contributed by atoms with E-state index in [0.29, 0.717) is 5.56 Å². The van der Waals surface area contributed by atoms with E-state index < -0.39 is 0 Å². The Morgan fingerprint density at radius 2 is 1.86 bits per heavy atom. The molecule has 1 heterocycles. The number of hydrogen-bond acceptors (Lipinski definition) is 3. The van der Waals surface area contributed by atoms with Gasteiger partial charge in [0.25, 0.3) is 5.91 Å². The minimum atomic E-state index is -0.312. The van der Waals surface area contributed by atoms with E-state index in [9.17, 15) is 9.18 Å². The van der Waals surface area contributed by atoms with Gasteiger partial charge in [0.05, 0.1) is 0 Å². The monoisotopic (exact) mass is 293 g/mol. The van der Waals surface area contributed by atoms with Gasteiger partial charge in [0.1, 0.15) is 5.82 Å². The first-order valence-corrected chi connectivity index (χ1v) is 7.68. The van der Waals surface area contributed by atoms with Gasteiger partial charge < -0.3 is 15.5 Å². The van der Waals surface area contributed by atoms with E-state index >= 15 is 0 Å². The second-order valence-corrected chi connectivity index (χ2v) is 5.49. The third-order valence-corrected chi connectivity index (χ3v) is 3.90. The number of amides is 1. The van der Waals surface area contributed by atoms with Gasteiger partial charge in [-0.2, -0.15) is 0 Å². The molecule has 1 aromatic carbocycles. The fraction of sp³-hybridized carbons (Fsp3) is 0.562. The Morgan fingerprint density at radius 3 is 2.57 bits per heavy atom. The van der Waals surface area contributed by atoms with Gasteiger partial charge in [-0.15, -0.1) is 0 Å². The maximum Gasteiger partial charge on any atom is 0.253 e. The molecule has 1 fully saturated rings. The number of carbonyl (C=O) groups excluding carboxylic acids is 1. The lowest BCUT2D eigenvalue weighted by Gasteiger charge is -2.22. The summed E-state index contributed by atoms with van der Waals surface area (Å²) < 4.78 is 12.9. The molecule has 1 saturated heterocycles. The number of halogens is 1. The molecular weight excluding hydrogens is 269 g/mol. The lowest BCUT2D eigenvalue weighted by molar-refractivity contribution is 0.0761. The Kier molecular flexibility index (Phi) is 6.14. The molecule has 2 N–H and O–H groups in total. The molecule has 0 aromatic heterocycles. The molecule has 0 atom stereocenters. The molecule has 1 aliphatic rings. The summed E-state index contributed by atoms with van der Waals surface area (Å²) in [6, 6.07) is 5.79. The number of carbonyl (C=O) groups is 1.